The van der Waals surface area contributed by atoms with E-state index in [1.54, 1.807) is 13.0 Å². The maximum Gasteiger partial charge on any atom is 0.488 e. The van der Waals surface area contributed by atoms with E-state index in [0.29, 0.717) is 17.9 Å². The van der Waals surface area contributed by atoms with Gasteiger partial charge in [0.15, 0.2) is 11.2 Å². The van der Waals surface area contributed by atoms with Crippen LogP contribution in [0.3, 0.4) is 0 Å². The fourth-order valence-corrected chi connectivity index (χ4v) is 2.06. The third-order valence-electron chi connectivity index (χ3n) is 3.06. The summed E-state index contributed by atoms with van der Waals surface area (Å²) >= 11 is 0. The van der Waals surface area contributed by atoms with E-state index in [1.165, 1.54) is 12.1 Å². The van der Waals surface area contributed by atoms with E-state index >= 15 is 0 Å². The van der Waals surface area contributed by atoms with Crippen LogP contribution in [-0.2, 0) is 0 Å². The van der Waals surface area contributed by atoms with Crippen LogP contribution >= 0.6 is 0 Å². The predicted octanol–water partition coefficient (Wildman–Crippen LogP) is -1.21. The number of H-pyrrole nitrogens is 2. The number of nitrogens with one attached hydrogen (secondary N) is 2. The third-order valence-corrected chi connectivity index (χ3v) is 3.06. The van der Waals surface area contributed by atoms with Crippen molar-refractivity contribution in [3.63, 3.8) is 0 Å². The molecule has 0 atom stereocenters. The first kappa shape index (κ1) is 14.2. The van der Waals surface area contributed by atoms with Crippen molar-refractivity contribution >= 4 is 23.7 Å². The van der Waals surface area contributed by atoms with Crippen LogP contribution in [0.2, 0.25) is 0 Å². The molecule has 0 bridgehead atoms. The molecule has 3 rings (SSSR count). The Kier molecular flexibility index (Phi) is 3.61. The topological polar surface area (TPSA) is 137 Å². The number of benzene rings is 1. The summed E-state index contributed by atoms with van der Waals surface area (Å²) in [6.45, 7) is 2.17. The number of nitrogens with zero attached hydrogens (tertiary/aromatic N) is 3. The zero-order valence-electron chi connectivity index (χ0n) is 11.6. The first-order valence-corrected chi connectivity index (χ1v) is 6.54. The number of aromatic nitrogens is 5. The molecule has 1 aromatic carbocycles. The van der Waals surface area contributed by atoms with Gasteiger partial charge in [-0.3, -0.25) is 4.79 Å². The summed E-state index contributed by atoms with van der Waals surface area (Å²) in [7, 11) is -1.61. The van der Waals surface area contributed by atoms with Gasteiger partial charge in [-0.15, -0.1) is 5.10 Å². The molecular formula is C12H12BN5O4. The Hall–Kier alpha value is -2.72. The molecule has 0 fully saturated rings. The number of rotatable bonds is 4. The van der Waals surface area contributed by atoms with Crippen molar-refractivity contribution in [3.05, 3.63) is 28.6 Å². The van der Waals surface area contributed by atoms with Crippen molar-refractivity contribution in [1.29, 1.82) is 0 Å². The molecule has 0 aliphatic heterocycles. The lowest BCUT2D eigenvalue weighted by Gasteiger charge is -2.11. The minimum absolute atomic E-state index is 0.115. The molecule has 0 unspecified atom stereocenters. The standard InChI is InChI=1S/C12H12BN5O4/c1-2-22-8-5-6(13(20)21)3-4-7(8)10-14-11-9(12(19)15-10)16-18-17-11/h3-5,20-21H,2H2,1H3,(H2,14,15,16,17,18,19). The molecule has 0 aliphatic carbocycles. The molecule has 2 aromatic heterocycles. The molecule has 0 radical (unpaired) electrons. The summed E-state index contributed by atoms with van der Waals surface area (Å²) in [6, 6.07) is 4.59. The molecule has 112 valence electrons. The van der Waals surface area contributed by atoms with Gasteiger partial charge in [-0.05, 0) is 24.5 Å². The summed E-state index contributed by atoms with van der Waals surface area (Å²) in [4.78, 5) is 18.8. The minimum atomic E-state index is -1.61. The first-order chi connectivity index (χ1) is 10.6. The number of ether oxygens (including phenoxy) is 1. The summed E-state index contributed by atoms with van der Waals surface area (Å²) in [5, 5.41) is 28.2. The fourth-order valence-electron chi connectivity index (χ4n) is 2.06. The number of fused-ring (bicyclic) bond motifs is 1. The molecule has 4 N–H and O–H groups in total. The summed E-state index contributed by atoms with van der Waals surface area (Å²) in [5.41, 5.74) is 0.734. The molecule has 0 amide bonds. The number of hydrogen-bond donors (Lipinski definition) is 4. The predicted molar refractivity (Wildman–Crippen MR) is 78.7 cm³/mol. The minimum Gasteiger partial charge on any atom is -0.493 e. The molecule has 0 spiro atoms. The van der Waals surface area contributed by atoms with Crippen LogP contribution in [0.4, 0.5) is 0 Å². The van der Waals surface area contributed by atoms with Crippen LogP contribution in [0.1, 0.15) is 6.92 Å². The molecule has 0 saturated carbocycles. The van der Waals surface area contributed by atoms with Crippen LogP contribution < -0.4 is 15.8 Å². The second kappa shape index (κ2) is 5.58. The largest absolute Gasteiger partial charge is 0.493 e. The maximum atomic E-state index is 11.9. The summed E-state index contributed by atoms with van der Waals surface area (Å²) in [5.74, 6) is 0.647. The maximum absolute atomic E-state index is 11.9. The molecule has 0 aliphatic rings. The number of hydrogen-bond acceptors (Lipinski definition) is 7. The second-order valence-electron chi connectivity index (χ2n) is 4.49. The monoisotopic (exact) mass is 301 g/mol. The van der Waals surface area contributed by atoms with Crippen molar-refractivity contribution in [2.24, 2.45) is 0 Å². The van der Waals surface area contributed by atoms with Gasteiger partial charge >= 0.3 is 7.12 Å². The van der Waals surface area contributed by atoms with E-state index in [1.807, 2.05) is 0 Å². The lowest BCUT2D eigenvalue weighted by Crippen LogP contribution is -2.29. The Balaban J connectivity index is 2.18. The van der Waals surface area contributed by atoms with E-state index in [9.17, 15) is 14.8 Å². The Morgan fingerprint density at radius 1 is 1.36 bits per heavy atom. The van der Waals surface area contributed by atoms with Gasteiger partial charge in [0.1, 0.15) is 11.6 Å². The zero-order chi connectivity index (χ0) is 15.7. The van der Waals surface area contributed by atoms with E-state index in [0.717, 1.165) is 0 Å². The fraction of sp³-hybridized carbons (Fsp3) is 0.167. The van der Waals surface area contributed by atoms with Crippen LogP contribution in [0, 0.1) is 0 Å². The van der Waals surface area contributed by atoms with Gasteiger partial charge in [0.05, 0.1) is 12.2 Å². The van der Waals surface area contributed by atoms with E-state index in [4.69, 9.17) is 4.74 Å². The lowest BCUT2D eigenvalue weighted by molar-refractivity contribution is 0.341. The van der Waals surface area contributed by atoms with E-state index < -0.39 is 12.7 Å². The highest BCUT2D eigenvalue weighted by Gasteiger charge is 2.17. The Morgan fingerprint density at radius 3 is 2.91 bits per heavy atom. The summed E-state index contributed by atoms with van der Waals surface area (Å²) < 4.78 is 5.49. The zero-order valence-corrected chi connectivity index (χ0v) is 11.6. The Bertz CT molecular complexity index is 875. The molecule has 22 heavy (non-hydrogen) atoms. The lowest BCUT2D eigenvalue weighted by atomic mass is 9.80. The van der Waals surface area contributed by atoms with Gasteiger partial charge in [-0.2, -0.15) is 0 Å². The van der Waals surface area contributed by atoms with Crippen molar-refractivity contribution < 1.29 is 14.8 Å². The van der Waals surface area contributed by atoms with E-state index in [-0.39, 0.29) is 22.5 Å². The number of aromatic amines is 2. The highest BCUT2D eigenvalue weighted by atomic mass is 16.5. The van der Waals surface area contributed by atoms with Gasteiger partial charge in [0.25, 0.3) is 5.56 Å². The molecule has 2 heterocycles. The molecular weight excluding hydrogens is 289 g/mol. The quantitative estimate of drug-likeness (QED) is 0.443. The molecule has 0 saturated heterocycles. The normalized spacial score (nSPS) is 10.9. The van der Waals surface area contributed by atoms with Crippen LogP contribution in [0.5, 0.6) is 5.75 Å². The SMILES string of the molecule is CCOc1cc(B(O)O)ccc1-c1nc2[nH]nnc2c(=O)[nH]1. The third kappa shape index (κ3) is 2.45. The van der Waals surface area contributed by atoms with Crippen LogP contribution in [-0.4, -0.2) is 49.2 Å². The molecule has 9 nitrogen and oxygen atoms in total. The Morgan fingerprint density at radius 2 is 2.18 bits per heavy atom. The van der Waals surface area contributed by atoms with E-state index in [2.05, 4.69) is 25.4 Å². The smallest absolute Gasteiger partial charge is 0.488 e. The summed E-state index contributed by atoms with van der Waals surface area (Å²) in [6.07, 6.45) is 0. The van der Waals surface area contributed by atoms with Crippen LogP contribution in [0.25, 0.3) is 22.6 Å². The average Bonchev–Trinajstić information content (AvgIpc) is 2.96. The van der Waals surface area contributed by atoms with Gasteiger partial charge in [-0.25, -0.2) is 10.1 Å². The van der Waals surface area contributed by atoms with Gasteiger partial charge < -0.3 is 19.8 Å². The van der Waals surface area contributed by atoms with Crippen molar-refractivity contribution in [2.45, 2.75) is 6.92 Å². The molecule has 3 aromatic rings. The van der Waals surface area contributed by atoms with Crippen molar-refractivity contribution in [3.8, 4) is 17.1 Å². The van der Waals surface area contributed by atoms with Gasteiger partial charge in [-0.1, -0.05) is 11.3 Å². The molecule has 10 heteroatoms. The van der Waals surface area contributed by atoms with Gasteiger partial charge in [0.2, 0.25) is 0 Å². The van der Waals surface area contributed by atoms with Crippen LogP contribution in [0.15, 0.2) is 23.0 Å². The highest BCUT2D eigenvalue weighted by Crippen LogP contribution is 2.26. The first-order valence-electron chi connectivity index (χ1n) is 6.54. The van der Waals surface area contributed by atoms with Gasteiger partial charge in [0, 0.05) is 0 Å². The van der Waals surface area contributed by atoms with Crippen molar-refractivity contribution in [1.82, 2.24) is 25.4 Å². The highest BCUT2D eigenvalue weighted by molar-refractivity contribution is 6.58. The van der Waals surface area contributed by atoms with Crippen molar-refractivity contribution in [2.75, 3.05) is 6.61 Å². The Labute approximate surface area is 124 Å². The average molecular weight is 301 g/mol. The second-order valence-corrected chi connectivity index (χ2v) is 4.49.